The number of allylic oxidation sites excluding steroid dienone is 1. The molecule has 0 aromatic heterocycles. The maximum atomic E-state index is 14.7. The van der Waals surface area contributed by atoms with Crippen LogP contribution in [0.1, 0.15) is 38.3 Å². The Hall–Kier alpha value is -2.50. The number of fused-ring (bicyclic) bond motifs is 1. The number of aliphatic imine (C=N–C) groups is 1. The summed E-state index contributed by atoms with van der Waals surface area (Å²) in [5.41, 5.74) is 1.57. The zero-order valence-electron chi connectivity index (χ0n) is 16.8. The predicted octanol–water partition coefficient (Wildman–Crippen LogP) is 6.71. The van der Waals surface area contributed by atoms with Gasteiger partial charge in [0.25, 0.3) is 0 Å². The van der Waals surface area contributed by atoms with Crippen LogP contribution in [0.25, 0.3) is 0 Å². The molecule has 30 heavy (non-hydrogen) atoms. The molecule has 0 radical (unpaired) electrons. The zero-order valence-corrected chi connectivity index (χ0v) is 18.3. The smallest absolute Gasteiger partial charge is 0.157 e. The first kappa shape index (κ1) is 22.2. The van der Waals surface area contributed by atoms with Crippen molar-refractivity contribution in [3.05, 3.63) is 87.2 Å². The molecule has 156 valence electrons. The van der Waals surface area contributed by atoms with Gasteiger partial charge in [-0.05, 0) is 44.5 Å². The Balaban J connectivity index is 2.39. The minimum absolute atomic E-state index is 0.0403. The second-order valence-corrected chi connectivity index (χ2v) is 7.72. The number of benzene rings is 2. The van der Waals surface area contributed by atoms with Gasteiger partial charge in [0.15, 0.2) is 5.78 Å². The van der Waals surface area contributed by atoms with Gasteiger partial charge in [0.1, 0.15) is 11.6 Å². The van der Waals surface area contributed by atoms with Gasteiger partial charge in [-0.1, -0.05) is 42.8 Å². The molecule has 0 saturated carbocycles. The second-order valence-electron chi connectivity index (χ2n) is 6.93. The third-order valence-electron chi connectivity index (χ3n) is 5.00. The second kappa shape index (κ2) is 8.70. The van der Waals surface area contributed by atoms with E-state index in [-0.39, 0.29) is 32.7 Å². The molecule has 1 heterocycles. The molecule has 0 unspecified atom stereocenters. The van der Waals surface area contributed by atoms with Crippen LogP contribution in [0.2, 0.25) is 10.0 Å². The highest BCUT2D eigenvalue weighted by Gasteiger charge is 2.30. The van der Waals surface area contributed by atoms with Crippen LogP contribution >= 0.6 is 23.2 Å². The lowest BCUT2D eigenvalue weighted by Crippen LogP contribution is -2.22. The Bertz CT molecular complexity index is 1090. The molecule has 3 rings (SSSR count). The Morgan fingerprint density at radius 1 is 1.20 bits per heavy atom. The Morgan fingerprint density at radius 2 is 1.83 bits per heavy atom. The van der Waals surface area contributed by atoms with E-state index in [1.165, 1.54) is 13.0 Å². The van der Waals surface area contributed by atoms with Gasteiger partial charge in [0, 0.05) is 23.0 Å². The van der Waals surface area contributed by atoms with E-state index in [1.54, 1.807) is 30.2 Å². The van der Waals surface area contributed by atoms with Crippen LogP contribution in [0.3, 0.4) is 0 Å². The standard InChI is InChI=1S/C23H20Cl2F2N2O/c1-5-15(14(4)30)11-29-13(3)12(2)28-23(20-17(26)7-6-8-18(20)27)21-19(29)10-9-16(24)22(21)25/h6-12H,3,5H2,1-2,4H3/b15-11-/t12-/m0/s1. The average molecular weight is 449 g/mol. The lowest BCUT2D eigenvalue weighted by Gasteiger charge is -2.26. The number of hydrogen-bond acceptors (Lipinski definition) is 3. The fourth-order valence-electron chi connectivity index (χ4n) is 3.31. The van der Waals surface area contributed by atoms with Crippen LogP contribution in [0.5, 0.6) is 0 Å². The van der Waals surface area contributed by atoms with Gasteiger partial charge >= 0.3 is 0 Å². The summed E-state index contributed by atoms with van der Waals surface area (Å²) < 4.78 is 29.4. The zero-order chi connectivity index (χ0) is 22.2. The molecule has 0 saturated heterocycles. The van der Waals surface area contributed by atoms with Crippen molar-refractivity contribution in [2.24, 2.45) is 4.99 Å². The number of benzodiazepines with no additional fused rings is 1. The SMILES string of the molecule is C=C1[C@H](C)N=C(c2c(F)cccc2F)c2c(ccc(Cl)c2Cl)N1/C=C(/CC)C(C)=O. The van der Waals surface area contributed by atoms with E-state index in [0.717, 1.165) is 12.1 Å². The minimum atomic E-state index is -0.768. The number of carbonyl (C=O) groups excluding carboxylic acids is 1. The highest BCUT2D eigenvalue weighted by atomic mass is 35.5. The summed E-state index contributed by atoms with van der Waals surface area (Å²) in [6.07, 6.45) is 2.17. The summed E-state index contributed by atoms with van der Waals surface area (Å²) in [5.74, 6) is -1.63. The van der Waals surface area contributed by atoms with Crippen molar-refractivity contribution in [1.82, 2.24) is 0 Å². The first-order chi connectivity index (χ1) is 14.2. The molecule has 1 atom stereocenters. The molecule has 0 N–H and O–H groups in total. The molecule has 0 fully saturated rings. The van der Waals surface area contributed by atoms with Crippen molar-refractivity contribution in [1.29, 1.82) is 0 Å². The number of carbonyl (C=O) groups is 1. The molecule has 2 aromatic rings. The topological polar surface area (TPSA) is 32.7 Å². The van der Waals surface area contributed by atoms with Crippen LogP contribution in [-0.4, -0.2) is 17.5 Å². The molecule has 2 aromatic carbocycles. The van der Waals surface area contributed by atoms with Crippen molar-refractivity contribution in [3.8, 4) is 0 Å². The van der Waals surface area contributed by atoms with Gasteiger partial charge in [-0.15, -0.1) is 0 Å². The summed E-state index contributed by atoms with van der Waals surface area (Å²) in [5, 5.41) is 0.322. The summed E-state index contributed by atoms with van der Waals surface area (Å²) in [4.78, 5) is 18.3. The molecule has 7 heteroatoms. The van der Waals surface area contributed by atoms with E-state index >= 15 is 0 Å². The first-order valence-electron chi connectivity index (χ1n) is 9.37. The van der Waals surface area contributed by atoms with Crippen LogP contribution < -0.4 is 4.90 Å². The van der Waals surface area contributed by atoms with Crippen molar-refractivity contribution in [2.75, 3.05) is 4.90 Å². The molecule has 1 aliphatic heterocycles. The molecule has 0 amide bonds. The van der Waals surface area contributed by atoms with Crippen molar-refractivity contribution in [3.63, 3.8) is 0 Å². The van der Waals surface area contributed by atoms with E-state index < -0.39 is 17.7 Å². The van der Waals surface area contributed by atoms with Gasteiger partial charge in [-0.3, -0.25) is 9.79 Å². The fraction of sp³-hybridized carbons (Fsp3) is 0.217. The Kier molecular flexibility index (Phi) is 6.44. The molecular formula is C23H20Cl2F2N2O. The first-order valence-corrected chi connectivity index (χ1v) is 10.1. The average Bonchev–Trinajstić information content (AvgIpc) is 2.78. The van der Waals surface area contributed by atoms with Gasteiger partial charge in [-0.2, -0.15) is 0 Å². The number of Topliss-reactive ketones (excluding diaryl/α,β-unsaturated/α-hetero) is 1. The van der Waals surface area contributed by atoms with Crippen molar-refractivity contribution >= 4 is 40.4 Å². The van der Waals surface area contributed by atoms with E-state index in [1.807, 2.05) is 6.92 Å². The molecule has 1 aliphatic rings. The summed E-state index contributed by atoms with van der Waals surface area (Å²) in [6, 6.07) is 6.30. The number of halogens is 4. The Labute approximate surface area is 184 Å². The number of nitrogens with zero attached hydrogens (tertiary/aromatic N) is 2. The van der Waals surface area contributed by atoms with Crippen LogP contribution in [0.4, 0.5) is 14.5 Å². The van der Waals surface area contributed by atoms with E-state index in [0.29, 0.717) is 23.4 Å². The molecule has 0 spiro atoms. The summed E-state index contributed by atoms with van der Waals surface area (Å²) in [6.45, 7) is 9.20. The van der Waals surface area contributed by atoms with Gasteiger partial charge in [-0.25, -0.2) is 8.78 Å². The van der Waals surface area contributed by atoms with E-state index in [4.69, 9.17) is 23.2 Å². The predicted molar refractivity (Wildman–Crippen MR) is 119 cm³/mol. The molecule has 0 bridgehead atoms. The van der Waals surface area contributed by atoms with Gasteiger partial charge < -0.3 is 4.90 Å². The number of ketones is 1. The maximum Gasteiger partial charge on any atom is 0.157 e. The highest BCUT2D eigenvalue weighted by Crippen LogP contribution is 2.40. The quantitative estimate of drug-likeness (QED) is 0.486. The Morgan fingerprint density at radius 3 is 2.40 bits per heavy atom. The monoisotopic (exact) mass is 448 g/mol. The van der Waals surface area contributed by atoms with Gasteiger partial charge in [0.2, 0.25) is 0 Å². The maximum absolute atomic E-state index is 14.7. The summed E-state index contributed by atoms with van der Waals surface area (Å²) >= 11 is 12.8. The third-order valence-corrected chi connectivity index (χ3v) is 5.81. The largest absolute Gasteiger partial charge is 0.318 e. The molecular weight excluding hydrogens is 429 g/mol. The minimum Gasteiger partial charge on any atom is -0.318 e. The number of rotatable bonds is 4. The van der Waals surface area contributed by atoms with E-state index in [2.05, 4.69) is 11.6 Å². The van der Waals surface area contributed by atoms with Crippen molar-refractivity contribution in [2.45, 2.75) is 33.2 Å². The molecule has 3 nitrogen and oxygen atoms in total. The van der Waals surface area contributed by atoms with Crippen LogP contribution in [-0.2, 0) is 4.79 Å². The van der Waals surface area contributed by atoms with Crippen molar-refractivity contribution < 1.29 is 13.6 Å². The number of hydrogen-bond donors (Lipinski definition) is 0. The van der Waals surface area contributed by atoms with Crippen LogP contribution in [0, 0.1) is 11.6 Å². The summed E-state index contributed by atoms with van der Waals surface area (Å²) in [7, 11) is 0. The normalized spacial score (nSPS) is 16.8. The van der Waals surface area contributed by atoms with Crippen LogP contribution in [0.15, 0.2) is 59.4 Å². The third kappa shape index (κ3) is 3.92. The fourth-order valence-corrected chi connectivity index (χ4v) is 3.71. The lowest BCUT2D eigenvalue weighted by molar-refractivity contribution is -0.113. The molecule has 0 aliphatic carbocycles. The lowest BCUT2D eigenvalue weighted by atomic mass is 9.98. The van der Waals surface area contributed by atoms with E-state index in [9.17, 15) is 13.6 Å². The number of anilines is 1. The van der Waals surface area contributed by atoms with Gasteiger partial charge in [0.05, 0.1) is 33.0 Å². The highest BCUT2D eigenvalue weighted by molar-refractivity contribution is 6.45.